The van der Waals surface area contributed by atoms with E-state index in [0.29, 0.717) is 17.8 Å². The van der Waals surface area contributed by atoms with Crippen molar-refractivity contribution in [2.24, 2.45) is 0 Å². The van der Waals surface area contributed by atoms with E-state index in [1.54, 1.807) is 12.1 Å². The minimum Gasteiger partial charge on any atom is -0.378 e. The summed E-state index contributed by atoms with van der Waals surface area (Å²) >= 11 is 11.9. The van der Waals surface area contributed by atoms with Crippen molar-refractivity contribution in [2.75, 3.05) is 23.7 Å². The molecule has 3 aromatic carbocycles. The summed E-state index contributed by atoms with van der Waals surface area (Å²) in [7, 11) is -0.00112. The molecule has 3 rings (SSSR count). The molecule has 0 unspecified atom stereocenters. The molecule has 1 amide bonds. The van der Waals surface area contributed by atoms with Gasteiger partial charge in [0.05, 0.1) is 5.02 Å². The van der Waals surface area contributed by atoms with E-state index in [1.165, 1.54) is 30.3 Å². The van der Waals surface area contributed by atoms with E-state index in [4.69, 9.17) is 23.2 Å². The van der Waals surface area contributed by atoms with Crippen LogP contribution in [-0.2, 0) is 16.6 Å². The zero-order valence-electron chi connectivity index (χ0n) is 16.9. The fraction of sp³-hybridized carbons (Fsp3) is 0.136. The summed E-state index contributed by atoms with van der Waals surface area (Å²) in [5.74, 6) is -0.260. The maximum atomic E-state index is 12.6. The first kappa shape index (κ1) is 22.9. The summed E-state index contributed by atoms with van der Waals surface area (Å²) in [4.78, 5) is 14.3. The topological polar surface area (TPSA) is 78.5 Å². The van der Waals surface area contributed by atoms with E-state index in [9.17, 15) is 13.2 Å². The Bertz CT molecular complexity index is 1180. The van der Waals surface area contributed by atoms with Gasteiger partial charge in [0.1, 0.15) is 4.90 Å². The lowest BCUT2D eigenvalue weighted by Crippen LogP contribution is -2.22. The van der Waals surface area contributed by atoms with Crippen molar-refractivity contribution in [3.63, 3.8) is 0 Å². The van der Waals surface area contributed by atoms with E-state index >= 15 is 0 Å². The summed E-state index contributed by atoms with van der Waals surface area (Å²) in [6.45, 7) is 0.383. The van der Waals surface area contributed by atoms with Crippen LogP contribution in [-0.4, -0.2) is 28.4 Å². The number of anilines is 2. The molecule has 0 saturated heterocycles. The Morgan fingerprint density at radius 2 is 1.58 bits per heavy atom. The van der Waals surface area contributed by atoms with Gasteiger partial charge in [-0.05, 0) is 60.2 Å². The first-order valence-electron chi connectivity index (χ1n) is 9.28. The van der Waals surface area contributed by atoms with Gasteiger partial charge in [-0.15, -0.1) is 0 Å². The molecule has 2 N–H and O–H groups in total. The molecule has 0 aliphatic heterocycles. The van der Waals surface area contributed by atoms with Gasteiger partial charge in [0.2, 0.25) is 0 Å². The monoisotopic (exact) mass is 477 g/mol. The summed E-state index contributed by atoms with van der Waals surface area (Å²) in [6.07, 6.45) is 0. The van der Waals surface area contributed by atoms with Crippen LogP contribution in [0.4, 0.5) is 11.4 Å². The van der Waals surface area contributed by atoms with Gasteiger partial charge in [-0.25, -0.2) is 8.42 Å². The van der Waals surface area contributed by atoms with Crippen molar-refractivity contribution in [1.82, 2.24) is 5.32 Å². The SMILES string of the molecule is CN(C)c1ccc(CNC(=O)c2ccc(NS(=O)(=O)c3cc(Cl)ccc3Cl)cc2)cc1. The molecular weight excluding hydrogens is 457 g/mol. The Balaban J connectivity index is 1.64. The quantitative estimate of drug-likeness (QED) is 0.512. The van der Waals surface area contributed by atoms with Gasteiger partial charge in [-0.2, -0.15) is 0 Å². The van der Waals surface area contributed by atoms with E-state index in [1.807, 2.05) is 43.3 Å². The molecule has 9 heteroatoms. The number of benzene rings is 3. The predicted molar refractivity (Wildman–Crippen MR) is 126 cm³/mol. The third kappa shape index (κ3) is 5.91. The molecule has 0 saturated carbocycles. The third-order valence-electron chi connectivity index (χ3n) is 4.49. The highest BCUT2D eigenvalue weighted by Crippen LogP contribution is 2.27. The van der Waals surface area contributed by atoms with Crippen LogP contribution >= 0.6 is 23.2 Å². The average molecular weight is 478 g/mol. The Labute approximate surface area is 191 Å². The van der Waals surface area contributed by atoms with Crippen molar-refractivity contribution < 1.29 is 13.2 Å². The highest BCUT2D eigenvalue weighted by molar-refractivity contribution is 7.92. The Morgan fingerprint density at radius 1 is 0.935 bits per heavy atom. The Kier molecular flexibility index (Phi) is 7.10. The predicted octanol–water partition coefficient (Wildman–Crippen LogP) is 4.79. The average Bonchev–Trinajstić information content (AvgIpc) is 2.74. The third-order valence-corrected chi connectivity index (χ3v) is 6.59. The van der Waals surface area contributed by atoms with E-state index in [0.717, 1.165) is 11.3 Å². The van der Waals surface area contributed by atoms with Crippen LogP contribution < -0.4 is 14.9 Å². The lowest BCUT2D eigenvalue weighted by molar-refractivity contribution is 0.0951. The standard InChI is InChI=1S/C22H21Cl2N3O3S/c1-27(2)19-10-3-15(4-11-19)14-25-22(28)16-5-8-18(9-6-16)26-31(29,30)21-13-17(23)7-12-20(21)24/h3-13,26H,14H2,1-2H3,(H,25,28). The second-order valence-electron chi connectivity index (χ2n) is 7.00. The molecule has 0 aliphatic carbocycles. The molecule has 0 fully saturated rings. The van der Waals surface area contributed by atoms with Crippen LogP contribution in [0.15, 0.2) is 71.6 Å². The van der Waals surface area contributed by atoms with Crippen LogP contribution in [0.25, 0.3) is 0 Å². The Hall–Kier alpha value is -2.74. The molecule has 0 aromatic heterocycles. The highest BCUT2D eigenvalue weighted by atomic mass is 35.5. The van der Waals surface area contributed by atoms with Crippen molar-refractivity contribution >= 4 is 50.5 Å². The zero-order chi connectivity index (χ0) is 22.6. The molecule has 0 aliphatic rings. The van der Waals surface area contributed by atoms with Crippen LogP contribution in [0.5, 0.6) is 0 Å². The van der Waals surface area contributed by atoms with Crippen molar-refractivity contribution in [3.8, 4) is 0 Å². The van der Waals surface area contributed by atoms with Crippen LogP contribution in [0.3, 0.4) is 0 Å². The van der Waals surface area contributed by atoms with Crippen molar-refractivity contribution in [2.45, 2.75) is 11.4 Å². The summed E-state index contributed by atoms with van der Waals surface area (Å²) < 4.78 is 27.6. The van der Waals surface area contributed by atoms with Gasteiger partial charge in [-0.1, -0.05) is 35.3 Å². The number of sulfonamides is 1. The number of halogens is 2. The molecule has 0 bridgehead atoms. The zero-order valence-corrected chi connectivity index (χ0v) is 19.2. The van der Waals surface area contributed by atoms with E-state index < -0.39 is 10.0 Å². The van der Waals surface area contributed by atoms with Gasteiger partial charge in [0, 0.05) is 42.6 Å². The number of nitrogens with zero attached hydrogens (tertiary/aromatic N) is 1. The first-order chi connectivity index (χ1) is 14.7. The minimum atomic E-state index is -3.93. The van der Waals surface area contributed by atoms with Gasteiger partial charge in [-0.3, -0.25) is 9.52 Å². The second-order valence-corrected chi connectivity index (χ2v) is 9.50. The molecule has 162 valence electrons. The lowest BCUT2D eigenvalue weighted by atomic mass is 10.1. The largest absolute Gasteiger partial charge is 0.378 e. The van der Waals surface area contributed by atoms with Gasteiger partial charge in [0.15, 0.2) is 0 Å². The van der Waals surface area contributed by atoms with E-state index in [2.05, 4.69) is 10.0 Å². The normalized spacial score (nSPS) is 11.1. The first-order valence-corrected chi connectivity index (χ1v) is 11.5. The number of carbonyl (C=O) groups excluding carboxylic acids is 1. The number of hydrogen-bond acceptors (Lipinski definition) is 4. The maximum Gasteiger partial charge on any atom is 0.263 e. The van der Waals surface area contributed by atoms with Crippen molar-refractivity contribution in [1.29, 1.82) is 0 Å². The number of rotatable bonds is 7. The van der Waals surface area contributed by atoms with Gasteiger partial charge >= 0.3 is 0 Å². The highest BCUT2D eigenvalue weighted by Gasteiger charge is 2.19. The van der Waals surface area contributed by atoms with E-state index in [-0.39, 0.29) is 20.8 Å². The van der Waals surface area contributed by atoms with Crippen LogP contribution in [0.2, 0.25) is 10.0 Å². The molecule has 0 radical (unpaired) electrons. The molecule has 0 spiro atoms. The van der Waals surface area contributed by atoms with Crippen LogP contribution in [0, 0.1) is 0 Å². The van der Waals surface area contributed by atoms with Gasteiger partial charge < -0.3 is 10.2 Å². The lowest BCUT2D eigenvalue weighted by Gasteiger charge is -2.13. The fourth-order valence-electron chi connectivity index (χ4n) is 2.78. The molecule has 6 nitrogen and oxygen atoms in total. The molecule has 0 atom stereocenters. The van der Waals surface area contributed by atoms with Gasteiger partial charge in [0.25, 0.3) is 15.9 Å². The summed E-state index contributed by atoms with van der Waals surface area (Å²) in [5, 5.41) is 3.17. The number of nitrogens with one attached hydrogen (secondary N) is 2. The second kappa shape index (κ2) is 9.60. The maximum absolute atomic E-state index is 12.6. The summed E-state index contributed by atoms with van der Waals surface area (Å²) in [6, 6.07) is 18.2. The number of carbonyl (C=O) groups is 1. The van der Waals surface area contributed by atoms with Crippen LogP contribution in [0.1, 0.15) is 15.9 Å². The number of hydrogen-bond donors (Lipinski definition) is 2. The number of amides is 1. The molecular formula is C22H21Cl2N3O3S. The molecule has 0 heterocycles. The smallest absolute Gasteiger partial charge is 0.263 e. The van der Waals surface area contributed by atoms with Crippen molar-refractivity contribution in [3.05, 3.63) is 87.9 Å². The summed E-state index contributed by atoms with van der Waals surface area (Å²) in [5.41, 5.74) is 2.76. The molecule has 31 heavy (non-hydrogen) atoms. The minimum absolute atomic E-state index is 0.0616. The fourth-order valence-corrected chi connectivity index (χ4v) is 4.60. The Morgan fingerprint density at radius 3 is 2.19 bits per heavy atom. The molecule has 3 aromatic rings.